The van der Waals surface area contributed by atoms with Crippen LogP contribution in [0, 0.1) is 6.92 Å². The first-order chi connectivity index (χ1) is 14.1. The minimum atomic E-state index is -0.340. The Morgan fingerprint density at radius 1 is 1.21 bits per heavy atom. The average molecular weight is 443 g/mol. The van der Waals surface area contributed by atoms with Gasteiger partial charge in [0.15, 0.2) is 11.5 Å². The zero-order valence-corrected chi connectivity index (χ0v) is 17.8. The lowest BCUT2D eigenvalue weighted by molar-refractivity contribution is 0.102. The summed E-state index contributed by atoms with van der Waals surface area (Å²) in [5.41, 5.74) is 2.66. The van der Waals surface area contributed by atoms with Gasteiger partial charge >= 0.3 is 0 Å². The maximum absolute atomic E-state index is 12.4. The third kappa shape index (κ3) is 4.02. The Morgan fingerprint density at radius 2 is 2.03 bits per heavy atom. The molecule has 0 aliphatic rings. The standard InChI is InChI=1S/C19H15ClN6OS2/c1-11-16(23-25-26(11)12-6-5-7-13(10-12)28-2)17-21-19(29-24-17)22-18(27)14-8-3-4-9-15(14)20/h3-10H,1-2H3,(H,21,22,24,27). The van der Waals surface area contributed by atoms with Crippen molar-refractivity contribution in [2.24, 2.45) is 0 Å². The van der Waals surface area contributed by atoms with Gasteiger partial charge in [0.1, 0.15) is 0 Å². The van der Waals surface area contributed by atoms with Crippen molar-refractivity contribution in [2.75, 3.05) is 11.6 Å². The Labute approximate surface area is 180 Å². The van der Waals surface area contributed by atoms with E-state index in [-0.39, 0.29) is 5.91 Å². The lowest BCUT2D eigenvalue weighted by Gasteiger charge is -2.04. The Morgan fingerprint density at radius 3 is 2.83 bits per heavy atom. The highest BCUT2D eigenvalue weighted by Gasteiger charge is 2.18. The molecule has 0 spiro atoms. The van der Waals surface area contributed by atoms with Crippen LogP contribution in [0.5, 0.6) is 0 Å². The predicted octanol–water partition coefficient (Wildman–Crippen LogP) is 4.72. The van der Waals surface area contributed by atoms with Crippen molar-refractivity contribution in [3.63, 3.8) is 0 Å². The summed E-state index contributed by atoms with van der Waals surface area (Å²) in [6.45, 7) is 1.91. The van der Waals surface area contributed by atoms with Gasteiger partial charge in [0, 0.05) is 16.4 Å². The number of halogens is 1. The molecule has 0 radical (unpaired) electrons. The molecule has 2 aromatic carbocycles. The Hall–Kier alpha value is -2.75. The van der Waals surface area contributed by atoms with E-state index in [0.29, 0.717) is 27.2 Å². The number of thioether (sulfide) groups is 1. The molecule has 146 valence electrons. The van der Waals surface area contributed by atoms with Crippen molar-refractivity contribution in [1.29, 1.82) is 0 Å². The van der Waals surface area contributed by atoms with E-state index in [0.717, 1.165) is 27.8 Å². The molecule has 7 nitrogen and oxygen atoms in total. The second kappa shape index (κ2) is 8.32. The van der Waals surface area contributed by atoms with Crippen LogP contribution in [-0.4, -0.2) is 36.5 Å². The summed E-state index contributed by atoms with van der Waals surface area (Å²) < 4.78 is 6.07. The number of benzene rings is 2. The minimum Gasteiger partial charge on any atom is -0.297 e. The number of carbonyl (C=O) groups is 1. The van der Waals surface area contributed by atoms with Crippen LogP contribution in [0.15, 0.2) is 53.4 Å². The van der Waals surface area contributed by atoms with E-state index in [1.54, 1.807) is 40.7 Å². The third-order valence-electron chi connectivity index (χ3n) is 4.17. The maximum atomic E-state index is 12.4. The van der Waals surface area contributed by atoms with Crippen molar-refractivity contribution >= 4 is 45.9 Å². The zero-order valence-electron chi connectivity index (χ0n) is 15.5. The molecular weight excluding hydrogens is 428 g/mol. The molecule has 0 aliphatic carbocycles. The monoisotopic (exact) mass is 442 g/mol. The highest BCUT2D eigenvalue weighted by molar-refractivity contribution is 7.98. The van der Waals surface area contributed by atoms with Crippen molar-refractivity contribution in [1.82, 2.24) is 24.4 Å². The smallest absolute Gasteiger partial charge is 0.258 e. The molecule has 0 saturated carbocycles. The second-order valence-corrected chi connectivity index (χ2v) is 8.03. The molecule has 10 heteroatoms. The van der Waals surface area contributed by atoms with E-state index in [2.05, 4.69) is 25.0 Å². The minimum absolute atomic E-state index is 0.340. The highest BCUT2D eigenvalue weighted by Crippen LogP contribution is 2.26. The van der Waals surface area contributed by atoms with Gasteiger partial charge in [-0.15, -0.1) is 16.9 Å². The van der Waals surface area contributed by atoms with Crippen LogP contribution in [-0.2, 0) is 0 Å². The van der Waals surface area contributed by atoms with Crippen LogP contribution >= 0.6 is 34.9 Å². The number of anilines is 1. The molecule has 4 aromatic rings. The summed E-state index contributed by atoms with van der Waals surface area (Å²) in [7, 11) is 0. The molecule has 29 heavy (non-hydrogen) atoms. The summed E-state index contributed by atoms with van der Waals surface area (Å²) in [5, 5.41) is 11.9. The second-order valence-electron chi connectivity index (χ2n) is 5.99. The number of hydrogen-bond acceptors (Lipinski definition) is 7. The maximum Gasteiger partial charge on any atom is 0.258 e. The van der Waals surface area contributed by atoms with Crippen LogP contribution < -0.4 is 5.32 Å². The normalized spacial score (nSPS) is 10.9. The Bertz CT molecular complexity index is 1190. The van der Waals surface area contributed by atoms with E-state index in [1.807, 2.05) is 37.4 Å². The van der Waals surface area contributed by atoms with Crippen LogP contribution in [0.25, 0.3) is 17.2 Å². The van der Waals surface area contributed by atoms with E-state index in [4.69, 9.17) is 11.6 Å². The molecule has 2 heterocycles. The zero-order chi connectivity index (χ0) is 20.4. The van der Waals surface area contributed by atoms with Crippen LogP contribution in [0.3, 0.4) is 0 Å². The summed E-state index contributed by atoms with van der Waals surface area (Å²) in [6.07, 6.45) is 2.02. The molecule has 0 unspecified atom stereocenters. The molecule has 0 fully saturated rings. The summed E-state index contributed by atoms with van der Waals surface area (Å²) in [5.74, 6) is 0.0711. The molecule has 2 aromatic heterocycles. The molecule has 0 bridgehead atoms. The topological polar surface area (TPSA) is 85.6 Å². The fraction of sp³-hybridized carbons (Fsp3) is 0.105. The van der Waals surface area contributed by atoms with Crippen LogP contribution in [0.1, 0.15) is 16.1 Å². The number of aromatic nitrogens is 5. The van der Waals surface area contributed by atoms with Gasteiger partial charge in [-0.1, -0.05) is 35.0 Å². The number of carbonyl (C=O) groups excluding carboxylic acids is 1. The van der Waals surface area contributed by atoms with E-state index in [9.17, 15) is 4.79 Å². The highest BCUT2D eigenvalue weighted by atomic mass is 35.5. The van der Waals surface area contributed by atoms with E-state index >= 15 is 0 Å². The van der Waals surface area contributed by atoms with Gasteiger partial charge < -0.3 is 0 Å². The molecule has 0 atom stereocenters. The summed E-state index contributed by atoms with van der Waals surface area (Å²) in [4.78, 5) is 17.9. The molecule has 0 aliphatic heterocycles. The lowest BCUT2D eigenvalue weighted by Crippen LogP contribution is -2.12. The number of nitrogens with one attached hydrogen (secondary N) is 1. The van der Waals surface area contributed by atoms with Gasteiger partial charge in [-0.25, -0.2) is 4.68 Å². The van der Waals surface area contributed by atoms with Gasteiger partial charge in [-0.3, -0.25) is 10.1 Å². The van der Waals surface area contributed by atoms with Crippen LogP contribution in [0.4, 0.5) is 5.13 Å². The summed E-state index contributed by atoms with van der Waals surface area (Å²) >= 11 is 8.81. The van der Waals surface area contributed by atoms with E-state index < -0.39 is 0 Å². The number of hydrogen-bond donors (Lipinski definition) is 1. The fourth-order valence-corrected chi connectivity index (χ4v) is 3.94. The lowest BCUT2D eigenvalue weighted by atomic mass is 10.2. The molecule has 0 saturated heterocycles. The predicted molar refractivity (Wildman–Crippen MR) is 116 cm³/mol. The SMILES string of the molecule is CSc1cccc(-n2nnc(-c3nsc(NC(=O)c4ccccc4Cl)n3)c2C)c1. The fourth-order valence-electron chi connectivity index (χ4n) is 2.70. The van der Waals surface area contributed by atoms with Gasteiger partial charge in [-0.2, -0.15) is 9.36 Å². The van der Waals surface area contributed by atoms with Crippen molar-refractivity contribution in [2.45, 2.75) is 11.8 Å². The molecule has 1 amide bonds. The van der Waals surface area contributed by atoms with Crippen molar-refractivity contribution in [3.05, 3.63) is 64.8 Å². The van der Waals surface area contributed by atoms with Gasteiger partial charge in [0.2, 0.25) is 5.13 Å². The third-order valence-corrected chi connectivity index (χ3v) is 5.85. The van der Waals surface area contributed by atoms with Gasteiger partial charge in [0.25, 0.3) is 5.91 Å². The first-order valence-corrected chi connectivity index (χ1v) is 10.9. The Balaban J connectivity index is 1.58. The summed E-state index contributed by atoms with van der Waals surface area (Å²) in [6, 6.07) is 14.9. The number of nitrogens with zero attached hydrogens (tertiary/aromatic N) is 5. The molecule has 4 rings (SSSR count). The van der Waals surface area contributed by atoms with Gasteiger partial charge in [-0.05, 0) is 43.5 Å². The first-order valence-electron chi connectivity index (χ1n) is 8.53. The molecule has 1 N–H and O–H groups in total. The molecular formula is C19H15ClN6OS2. The number of amides is 1. The first kappa shape index (κ1) is 19.6. The largest absolute Gasteiger partial charge is 0.297 e. The quantitative estimate of drug-likeness (QED) is 0.450. The average Bonchev–Trinajstić information content (AvgIpc) is 3.34. The van der Waals surface area contributed by atoms with Crippen molar-refractivity contribution in [3.8, 4) is 17.2 Å². The van der Waals surface area contributed by atoms with Crippen molar-refractivity contribution < 1.29 is 4.79 Å². The number of rotatable bonds is 5. The Kier molecular flexibility index (Phi) is 5.61. The van der Waals surface area contributed by atoms with Crippen LogP contribution in [0.2, 0.25) is 5.02 Å². The van der Waals surface area contributed by atoms with E-state index in [1.165, 1.54) is 0 Å². The van der Waals surface area contributed by atoms with Gasteiger partial charge in [0.05, 0.1) is 22.0 Å².